The number of allylic oxidation sites excluding steroid dienone is 5. The quantitative estimate of drug-likeness (QED) is 0.641. The Morgan fingerprint density at radius 2 is 2.00 bits per heavy atom. The lowest BCUT2D eigenvalue weighted by Crippen LogP contribution is -2.39. The smallest absolute Gasteiger partial charge is 0.321 e. The third-order valence-corrected chi connectivity index (χ3v) is 7.02. The molecule has 1 aliphatic carbocycles. The summed E-state index contributed by atoms with van der Waals surface area (Å²) in [5, 5.41) is 4.19. The molecule has 0 saturated carbocycles. The average Bonchev–Trinajstić information content (AvgIpc) is 3.37. The Hall–Kier alpha value is -3.39. The third kappa shape index (κ3) is 5.17. The molecule has 5 rings (SSSR count). The van der Waals surface area contributed by atoms with Gasteiger partial charge in [-0.3, -0.25) is 0 Å². The van der Waals surface area contributed by atoms with E-state index in [0.717, 1.165) is 74.7 Å². The number of urea groups is 1. The van der Waals surface area contributed by atoms with E-state index in [4.69, 9.17) is 4.74 Å². The van der Waals surface area contributed by atoms with E-state index < -0.39 is 0 Å². The van der Waals surface area contributed by atoms with Crippen molar-refractivity contribution < 1.29 is 9.53 Å². The van der Waals surface area contributed by atoms with Crippen molar-refractivity contribution in [3.05, 3.63) is 65.6 Å². The number of nitrogens with one attached hydrogen (secondary N) is 2. The molecule has 2 aromatic rings. The maximum Gasteiger partial charge on any atom is 0.321 e. The highest BCUT2D eigenvalue weighted by atomic mass is 16.5. The minimum atomic E-state index is -0.0768. The zero-order valence-corrected chi connectivity index (χ0v) is 20.5. The second-order valence-corrected chi connectivity index (χ2v) is 9.39. The highest BCUT2D eigenvalue weighted by molar-refractivity contribution is 5.92. The van der Waals surface area contributed by atoms with Crippen LogP contribution in [-0.2, 0) is 17.6 Å². The van der Waals surface area contributed by atoms with Crippen LogP contribution in [0.3, 0.4) is 0 Å². The number of rotatable bonds is 5. The molecule has 4 heterocycles. The van der Waals surface area contributed by atoms with Gasteiger partial charge in [-0.15, -0.1) is 0 Å². The number of hydrogen-bond donors (Lipinski definition) is 2. The van der Waals surface area contributed by atoms with E-state index in [0.29, 0.717) is 13.1 Å². The molecule has 2 aromatic heterocycles. The number of carbonyl (C=O) groups is 1. The Morgan fingerprint density at radius 3 is 2.86 bits per heavy atom. The normalized spacial score (nSPS) is 19.1. The summed E-state index contributed by atoms with van der Waals surface area (Å²) in [4.78, 5) is 29.6. The van der Waals surface area contributed by atoms with Gasteiger partial charge in [-0.2, -0.15) is 0 Å². The molecule has 2 aliphatic heterocycles. The van der Waals surface area contributed by atoms with Crippen LogP contribution in [0.4, 0.5) is 4.79 Å². The van der Waals surface area contributed by atoms with Gasteiger partial charge in [0.15, 0.2) is 0 Å². The predicted octanol–water partition coefficient (Wildman–Crippen LogP) is 3.94. The number of fused-ring (bicyclic) bond motifs is 3. The fraction of sp³-hybridized carbons (Fsp3) is 0.444. The van der Waals surface area contributed by atoms with Crippen molar-refractivity contribution in [2.45, 2.75) is 39.0 Å². The molecular weight excluding hydrogens is 440 g/mol. The van der Waals surface area contributed by atoms with Crippen LogP contribution in [0.25, 0.3) is 16.6 Å². The number of amides is 2. The van der Waals surface area contributed by atoms with Crippen LogP contribution in [-0.4, -0.2) is 70.2 Å². The molecule has 0 atom stereocenters. The molecule has 0 bridgehead atoms. The van der Waals surface area contributed by atoms with E-state index in [2.05, 4.69) is 37.8 Å². The van der Waals surface area contributed by atoms with E-state index in [-0.39, 0.29) is 6.03 Å². The first kappa shape index (κ1) is 23.4. The molecule has 2 N–H and O–H groups in total. The lowest BCUT2D eigenvalue weighted by Gasteiger charge is -2.28. The van der Waals surface area contributed by atoms with Gasteiger partial charge in [-0.25, -0.2) is 14.8 Å². The minimum Gasteiger partial charge on any atom is -0.378 e. The topological polar surface area (TPSA) is 86.4 Å². The Balaban J connectivity index is 1.22. The maximum atomic E-state index is 12.9. The number of aromatic nitrogens is 3. The van der Waals surface area contributed by atoms with Gasteiger partial charge in [0.05, 0.1) is 18.9 Å². The van der Waals surface area contributed by atoms with Crippen molar-refractivity contribution in [3.8, 4) is 0 Å². The van der Waals surface area contributed by atoms with Gasteiger partial charge < -0.3 is 24.8 Å². The fourth-order valence-electron chi connectivity index (χ4n) is 5.13. The number of ether oxygens (including phenoxy) is 1. The predicted molar refractivity (Wildman–Crippen MR) is 138 cm³/mol. The molecule has 0 aromatic carbocycles. The Kier molecular flexibility index (Phi) is 6.99. The largest absolute Gasteiger partial charge is 0.378 e. The number of morpholine rings is 1. The first-order valence-corrected chi connectivity index (χ1v) is 12.6. The summed E-state index contributed by atoms with van der Waals surface area (Å²) in [6.07, 6.45) is 14.8. The van der Waals surface area contributed by atoms with E-state index in [1.54, 1.807) is 6.33 Å². The molecule has 1 saturated heterocycles. The van der Waals surface area contributed by atoms with Gasteiger partial charge in [0.2, 0.25) is 0 Å². The van der Waals surface area contributed by atoms with Gasteiger partial charge in [-0.05, 0) is 62.3 Å². The fourth-order valence-corrected chi connectivity index (χ4v) is 5.13. The first-order valence-electron chi connectivity index (χ1n) is 12.6. The van der Waals surface area contributed by atoms with Crippen molar-refractivity contribution >= 4 is 22.6 Å². The van der Waals surface area contributed by atoms with E-state index in [1.807, 2.05) is 30.1 Å². The minimum absolute atomic E-state index is 0.0768. The summed E-state index contributed by atoms with van der Waals surface area (Å²) < 4.78 is 5.38. The molecule has 8 nitrogen and oxygen atoms in total. The first-order chi connectivity index (χ1) is 17.1. The molecular formula is C27H34N6O2. The molecule has 2 amide bonds. The van der Waals surface area contributed by atoms with Crippen LogP contribution < -0.4 is 5.32 Å². The summed E-state index contributed by atoms with van der Waals surface area (Å²) in [5.41, 5.74) is 7.61. The summed E-state index contributed by atoms with van der Waals surface area (Å²) in [7, 11) is 0. The number of H-pyrrole nitrogens is 1. The Bertz CT molecular complexity index is 1200. The molecule has 184 valence electrons. The lowest BCUT2D eigenvalue weighted by atomic mass is 10.0. The average molecular weight is 475 g/mol. The van der Waals surface area contributed by atoms with Crippen LogP contribution in [0.1, 0.15) is 43.1 Å². The van der Waals surface area contributed by atoms with E-state index >= 15 is 0 Å². The molecule has 0 unspecified atom stereocenters. The zero-order chi connectivity index (χ0) is 24.2. The van der Waals surface area contributed by atoms with Crippen molar-refractivity contribution in [2.75, 3.05) is 39.4 Å². The number of aryl methyl sites for hydroxylation is 2. The molecule has 8 heteroatoms. The van der Waals surface area contributed by atoms with Crippen molar-refractivity contribution in [1.82, 2.24) is 30.1 Å². The summed E-state index contributed by atoms with van der Waals surface area (Å²) >= 11 is 0. The van der Waals surface area contributed by atoms with Crippen LogP contribution in [0.15, 0.2) is 48.6 Å². The van der Waals surface area contributed by atoms with Gasteiger partial charge in [0.1, 0.15) is 12.0 Å². The molecule has 3 aliphatic rings. The maximum absolute atomic E-state index is 12.9. The molecule has 35 heavy (non-hydrogen) atoms. The van der Waals surface area contributed by atoms with Gasteiger partial charge >= 0.3 is 6.03 Å². The highest BCUT2D eigenvalue weighted by Gasteiger charge is 2.23. The van der Waals surface area contributed by atoms with Crippen LogP contribution in [0.2, 0.25) is 0 Å². The summed E-state index contributed by atoms with van der Waals surface area (Å²) in [6, 6.07) is -0.0768. The SMILES string of the molecule is C=C(/C=C\C=C(/C)NC(=O)N1CC=C(c2ncnc3[nH]c4c(c23)CCC4)CCC1)N1CCOCC1. The van der Waals surface area contributed by atoms with Gasteiger partial charge in [0, 0.05) is 48.7 Å². The number of nitrogens with zero attached hydrogens (tertiary/aromatic N) is 4. The Labute approximate surface area is 206 Å². The summed E-state index contributed by atoms with van der Waals surface area (Å²) in [5.74, 6) is 0. The second kappa shape index (κ2) is 10.5. The monoisotopic (exact) mass is 474 g/mol. The van der Waals surface area contributed by atoms with Crippen molar-refractivity contribution in [1.29, 1.82) is 0 Å². The van der Waals surface area contributed by atoms with Gasteiger partial charge in [0.25, 0.3) is 0 Å². The van der Waals surface area contributed by atoms with Gasteiger partial charge in [-0.1, -0.05) is 18.7 Å². The molecule has 0 spiro atoms. The standard InChI is InChI=1S/C27H34N6O2/c1-19(6-3-7-20(2)32-14-16-35-17-15-32)30-27(34)33-12-5-8-21(11-13-33)25-24-22-9-4-10-23(22)31-26(24)29-18-28-25/h3,6-7,11,18H,2,4-5,8-10,12-17H2,1H3,(H,30,34)(H,28,29,31)/b7-3-,19-6+. The Morgan fingerprint density at radius 1 is 1.14 bits per heavy atom. The molecule has 0 radical (unpaired) electrons. The summed E-state index contributed by atoms with van der Waals surface area (Å²) in [6.45, 7) is 10.5. The highest BCUT2D eigenvalue weighted by Crippen LogP contribution is 2.34. The number of carbonyl (C=O) groups excluding carboxylic acids is 1. The van der Waals surface area contributed by atoms with Crippen molar-refractivity contribution in [3.63, 3.8) is 0 Å². The van der Waals surface area contributed by atoms with Crippen LogP contribution in [0.5, 0.6) is 0 Å². The zero-order valence-electron chi connectivity index (χ0n) is 20.5. The second-order valence-electron chi connectivity index (χ2n) is 9.39. The lowest BCUT2D eigenvalue weighted by molar-refractivity contribution is 0.0556. The number of aromatic amines is 1. The van der Waals surface area contributed by atoms with E-state index in [9.17, 15) is 4.79 Å². The van der Waals surface area contributed by atoms with Crippen LogP contribution >= 0.6 is 0 Å². The van der Waals surface area contributed by atoms with E-state index in [1.165, 1.54) is 28.6 Å². The third-order valence-electron chi connectivity index (χ3n) is 7.02. The number of hydrogen-bond acceptors (Lipinski definition) is 5. The van der Waals surface area contributed by atoms with Crippen LogP contribution in [0, 0.1) is 0 Å². The van der Waals surface area contributed by atoms with Crippen molar-refractivity contribution in [2.24, 2.45) is 0 Å². The molecule has 1 fully saturated rings.